The van der Waals surface area contributed by atoms with Gasteiger partial charge in [0.1, 0.15) is 17.8 Å². The Bertz CT molecular complexity index is 1620. The van der Waals surface area contributed by atoms with Gasteiger partial charge < -0.3 is 5.73 Å². The van der Waals surface area contributed by atoms with Crippen LogP contribution in [0, 0.1) is 22.7 Å². The summed E-state index contributed by atoms with van der Waals surface area (Å²) in [7, 11) is -3.45. The molecule has 0 spiro atoms. The molecule has 3 atom stereocenters. The molecule has 0 heterocycles. The van der Waals surface area contributed by atoms with Gasteiger partial charge in [0.05, 0.1) is 28.6 Å². The Kier molecular flexibility index (Phi) is 10.0. The third-order valence-electron chi connectivity index (χ3n) is 6.84. The minimum Gasteiger partial charge on any atom is -0.368 e. The Morgan fingerprint density at radius 1 is 0.907 bits per heavy atom. The molecular weight excluding hydrogens is 584 g/mol. The summed E-state index contributed by atoms with van der Waals surface area (Å²) in [6, 6.07) is 14.8. The molecule has 0 aromatic heterocycles. The molecule has 3 aromatic rings. The van der Waals surface area contributed by atoms with Crippen molar-refractivity contribution in [3.8, 4) is 23.3 Å². The van der Waals surface area contributed by atoms with Gasteiger partial charge in [-0.05, 0) is 60.4 Å². The van der Waals surface area contributed by atoms with Crippen LogP contribution in [0.2, 0.25) is 0 Å². The quantitative estimate of drug-likeness (QED) is 0.278. The second-order valence-corrected chi connectivity index (χ2v) is 12.8. The molecule has 43 heavy (non-hydrogen) atoms. The number of halogens is 4. The van der Waals surface area contributed by atoms with E-state index in [2.05, 4.69) is 0 Å². The molecule has 0 aliphatic heterocycles. The van der Waals surface area contributed by atoms with Crippen LogP contribution in [-0.2, 0) is 21.1 Å². The van der Waals surface area contributed by atoms with Crippen molar-refractivity contribution in [2.24, 2.45) is 5.73 Å². The summed E-state index contributed by atoms with van der Waals surface area (Å²) in [5, 5.41) is 19.2. The lowest BCUT2D eigenvalue weighted by atomic mass is 9.91. The minimum absolute atomic E-state index is 0.0822. The molecule has 3 rings (SSSR count). The molecule has 2 N–H and O–H groups in total. The minimum atomic E-state index is -5.02. The number of amides is 1. The zero-order valence-corrected chi connectivity index (χ0v) is 24.5. The normalized spacial score (nSPS) is 14.4. The highest BCUT2D eigenvalue weighted by atomic mass is 32.2. The van der Waals surface area contributed by atoms with E-state index in [4.69, 9.17) is 11.0 Å². The van der Waals surface area contributed by atoms with Crippen LogP contribution in [0.5, 0.6) is 0 Å². The van der Waals surface area contributed by atoms with E-state index in [1.165, 1.54) is 72.8 Å². The Morgan fingerprint density at radius 3 is 1.81 bits per heavy atom. The third-order valence-corrected chi connectivity index (χ3v) is 7.97. The van der Waals surface area contributed by atoms with E-state index in [1.54, 1.807) is 0 Å². The van der Waals surface area contributed by atoms with Gasteiger partial charge in [-0.3, -0.25) is 9.69 Å². The van der Waals surface area contributed by atoms with E-state index in [1.807, 2.05) is 12.1 Å². The van der Waals surface area contributed by atoms with Crippen LogP contribution < -0.4 is 5.73 Å². The van der Waals surface area contributed by atoms with Crippen molar-refractivity contribution in [1.82, 2.24) is 4.90 Å². The van der Waals surface area contributed by atoms with Crippen LogP contribution >= 0.6 is 0 Å². The maximum Gasteiger partial charge on any atom is 0.408 e. The van der Waals surface area contributed by atoms with Crippen LogP contribution in [0.3, 0.4) is 0 Å². The number of nitriles is 2. The molecule has 12 heteroatoms. The standard InChI is InChI=1S/C31H30F4N4O3S/c1-30(2,32)17-27(29(38)40)39(25(19-37)16-20-4-6-21(18-36)7-5-20)28(31(33,34)35)24-10-8-22(9-11-24)23-12-14-26(15-13-23)43(3,41)42/h4-15,25,27-28H,16-17H2,1-3H3,(H2,38,40)/t25-,27-,28-/m0/s1. The van der Waals surface area contributed by atoms with Gasteiger partial charge in [-0.25, -0.2) is 12.8 Å². The topological polar surface area (TPSA) is 128 Å². The van der Waals surface area contributed by atoms with Crippen molar-refractivity contribution >= 4 is 15.7 Å². The molecule has 0 fully saturated rings. The summed E-state index contributed by atoms with van der Waals surface area (Å²) in [6.45, 7) is 2.21. The van der Waals surface area contributed by atoms with Crippen LogP contribution in [0.1, 0.15) is 43.0 Å². The molecule has 0 radical (unpaired) electrons. The van der Waals surface area contributed by atoms with Crippen LogP contribution in [0.15, 0.2) is 77.7 Å². The molecule has 0 saturated heterocycles. The number of hydrogen-bond donors (Lipinski definition) is 1. The molecule has 7 nitrogen and oxygen atoms in total. The fraction of sp³-hybridized carbons (Fsp3) is 0.323. The number of primary amides is 1. The van der Waals surface area contributed by atoms with Gasteiger partial charge in [0.15, 0.2) is 9.84 Å². The molecular formula is C31H30F4N4O3S. The average molecular weight is 615 g/mol. The largest absolute Gasteiger partial charge is 0.408 e. The number of nitrogens with two attached hydrogens (primary N) is 1. The van der Waals surface area contributed by atoms with Crippen molar-refractivity contribution in [2.45, 2.75) is 61.6 Å². The maximum absolute atomic E-state index is 14.9. The van der Waals surface area contributed by atoms with Gasteiger partial charge in [0, 0.05) is 19.1 Å². The van der Waals surface area contributed by atoms with Gasteiger partial charge in [-0.1, -0.05) is 48.5 Å². The van der Waals surface area contributed by atoms with Gasteiger partial charge in [0.25, 0.3) is 0 Å². The fourth-order valence-corrected chi connectivity index (χ4v) is 5.46. The Balaban J connectivity index is 2.13. The molecule has 0 aliphatic rings. The SMILES string of the molecule is CC(C)(F)C[C@@H](C(N)=O)N([C@H](C#N)Cc1ccc(C#N)cc1)[C@@H](c1ccc(-c2ccc(S(C)(=O)=O)cc2)cc1)C(F)(F)F. The lowest BCUT2D eigenvalue weighted by Crippen LogP contribution is -2.56. The fourth-order valence-electron chi connectivity index (χ4n) is 4.83. The Hall–Kier alpha value is -4.26. The predicted molar refractivity (Wildman–Crippen MR) is 153 cm³/mol. The van der Waals surface area contributed by atoms with Crippen LogP contribution in [0.4, 0.5) is 17.6 Å². The smallest absolute Gasteiger partial charge is 0.368 e. The highest BCUT2D eigenvalue weighted by Crippen LogP contribution is 2.42. The highest BCUT2D eigenvalue weighted by Gasteiger charge is 2.51. The number of carbonyl (C=O) groups excluding carboxylic acids is 1. The van der Waals surface area contributed by atoms with Crippen molar-refractivity contribution in [1.29, 1.82) is 10.5 Å². The van der Waals surface area contributed by atoms with Gasteiger partial charge in [-0.2, -0.15) is 23.7 Å². The summed E-state index contributed by atoms with van der Waals surface area (Å²) in [5.74, 6) is -1.22. The average Bonchev–Trinajstić information content (AvgIpc) is 2.92. The summed E-state index contributed by atoms with van der Waals surface area (Å²) >= 11 is 0. The Morgan fingerprint density at radius 2 is 1.42 bits per heavy atom. The number of benzene rings is 3. The predicted octanol–water partition coefficient (Wildman–Crippen LogP) is 5.66. The van der Waals surface area contributed by atoms with E-state index in [0.29, 0.717) is 27.2 Å². The number of hydrogen-bond acceptors (Lipinski definition) is 6. The molecule has 3 aromatic carbocycles. The summed E-state index contributed by atoms with van der Waals surface area (Å²) in [6.07, 6.45) is -4.94. The highest BCUT2D eigenvalue weighted by molar-refractivity contribution is 7.90. The summed E-state index contributed by atoms with van der Waals surface area (Å²) in [4.78, 5) is 13.4. The molecule has 0 aliphatic carbocycles. The monoisotopic (exact) mass is 614 g/mol. The third kappa shape index (κ3) is 8.63. The molecule has 0 bridgehead atoms. The number of rotatable bonds is 11. The van der Waals surface area contributed by atoms with Gasteiger partial charge >= 0.3 is 6.18 Å². The maximum atomic E-state index is 14.9. The van der Waals surface area contributed by atoms with E-state index in [-0.39, 0.29) is 16.9 Å². The first kappa shape index (κ1) is 33.2. The number of carbonyl (C=O) groups is 1. The van der Waals surface area contributed by atoms with Crippen molar-refractivity contribution in [3.63, 3.8) is 0 Å². The van der Waals surface area contributed by atoms with Crippen molar-refractivity contribution < 1.29 is 30.8 Å². The molecule has 0 saturated carbocycles. The van der Waals surface area contributed by atoms with E-state index >= 15 is 0 Å². The molecule has 0 unspecified atom stereocenters. The van der Waals surface area contributed by atoms with Gasteiger partial charge in [0.2, 0.25) is 5.91 Å². The van der Waals surface area contributed by atoms with E-state index < -0.39 is 52.1 Å². The number of nitrogens with zero attached hydrogens (tertiary/aromatic N) is 3. The number of alkyl halides is 4. The van der Waals surface area contributed by atoms with Gasteiger partial charge in [-0.15, -0.1) is 0 Å². The first-order valence-corrected chi connectivity index (χ1v) is 15.0. The molecule has 226 valence electrons. The molecule has 1 amide bonds. The van der Waals surface area contributed by atoms with Crippen LogP contribution in [0.25, 0.3) is 11.1 Å². The lowest BCUT2D eigenvalue weighted by molar-refractivity contribution is -0.198. The lowest BCUT2D eigenvalue weighted by Gasteiger charge is -2.41. The number of sulfone groups is 1. The first-order valence-electron chi connectivity index (χ1n) is 13.1. The van der Waals surface area contributed by atoms with Crippen LogP contribution in [-0.4, -0.2) is 49.4 Å². The van der Waals surface area contributed by atoms with E-state index in [9.17, 15) is 36.0 Å². The summed E-state index contributed by atoms with van der Waals surface area (Å²) < 4.78 is 83.2. The summed E-state index contributed by atoms with van der Waals surface area (Å²) in [5.41, 5.74) is 4.91. The zero-order chi connectivity index (χ0) is 32.2. The zero-order valence-electron chi connectivity index (χ0n) is 23.6. The van der Waals surface area contributed by atoms with E-state index in [0.717, 1.165) is 20.1 Å². The first-order chi connectivity index (χ1) is 19.9. The van der Waals surface area contributed by atoms with Crippen molar-refractivity contribution in [3.05, 3.63) is 89.5 Å². The Labute approximate surface area is 248 Å². The van der Waals surface area contributed by atoms with Crippen molar-refractivity contribution in [2.75, 3.05) is 6.26 Å². The second kappa shape index (κ2) is 12.9. The second-order valence-electron chi connectivity index (χ2n) is 10.8.